The fraction of sp³-hybridized carbons (Fsp3) is 0.419. The topological polar surface area (TPSA) is 57.6 Å². The summed E-state index contributed by atoms with van der Waals surface area (Å²) in [6, 6.07) is 15.5. The molecule has 0 bridgehead atoms. The molecule has 38 heavy (non-hydrogen) atoms. The van der Waals surface area contributed by atoms with Gasteiger partial charge in [0.2, 0.25) is 5.91 Å². The number of carbonyl (C=O) groups excluding carboxylic acids is 2. The van der Waals surface area contributed by atoms with E-state index in [-0.39, 0.29) is 42.2 Å². The lowest BCUT2D eigenvalue weighted by molar-refractivity contribution is -0.134. The van der Waals surface area contributed by atoms with Crippen molar-refractivity contribution in [3.8, 4) is 0 Å². The quantitative estimate of drug-likeness (QED) is 0.376. The fourth-order valence-corrected chi connectivity index (χ4v) is 5.28. The molecule has 3 amide bonds. The van der Waals surface area contributed by atoms with Gasteiger partial charge >= 0.3 is 6.03 Å². The van der Waals surface area contributed by atoms with Crippen molar-refractivity contribution < 1.29 is 14.0 Å². The minimum Gasteiger partial charge on any atom is -0.348 e. The number of fused-ring (bicyclic) bond motifs is 1. The third-order valence-electron chi connectivity index (χ3n) is 7.32. The average molecular weight is 519 g/mol. The molecule has 1 aromatic heterocycles. The van der Waals surface area contributed by atoms with Crippen LogP contribution in [0.3, 0.4) is 0 Å². The Kier molecular flexibility index (Phi) is 8.24. The van der Waals surface area contributed by atoms with Gasteiger partial charge in [0, 0.05) is 36.7 Å². The molecule has 0 aliphatic carbocycles. The molecule has 1 aliphatic heterocycles. The molecule has 1 N–H and O–H groups in total. The largest absolute Gasteiger partial charge is 0.348 e. The second kappa shape index (κ2) is 11.4. The Labute approximate surface area is 225 Å². The number of nitrogens with zero attached hydrogens (tertiary/aromatic N) is 3. The minimum atomic E-state index is -0.423. The minimum absolute atomic E-state index is 0.0725. The highest BCUT2D eigenvalue weighted by Gasteiger charge is 2.34. The van der Waals surface area contributed by atoms with Crippen LogP contribution in [0.4, 0.5) is 14.9 Å². The van der Waals surface area contributed by atoms with Gasteiger partial charge in [-0.2, -0.15) is 0 Å². The van der Waals surface area contributed by atoms with E-state index in [0.29, 0.717) is 18.7 Å². The van der Waals surface area contributed by atoms with Crippen LogP contribution in [0.1, 0.15) is 81.8 Å². The molecule has 1 aliphatic rings. The third kappa shape index (κ3) is 5.62. The van der Waals surface area contributed by atoms with Gasteiger partial charge in [-0.3, -0.25) is 4.79 Å². The Morgan fingerprint density at radius 2 is 1.61 bits per heavy atom. The number of carbonyl (C=O) groups is 2. The van der Waals surface area contributed by atoms with Gasteiger partial charge in [-0.25, -0.2) is 9.18 Å². The first-order chi connectivity index (χ1) is 18.1. The smallest absolute Gasteiger partial charge is 0.322 e. The van der Waals surface area contributed by atoms with Crippen LogP contribution in [0, 0.1) is 5.82 Å². The standard InChI is InChI=1S/C31H39FN4O2/c1-20(2)25-12-8-13-26(21(3)4)29(25)33-31(38)36(22(5)6)19-28(37)35-17-16-34-15-9-14-27(34)30(35)23-10-7-11-24(32)18-23/h7-15,18,20-22,30H,16-17,19H2,1-6H3,(H,33,38). The van der Waals surface area contributed by atoms with E-state index in [4.69, 9.17) is 0 Å². The number of nitrogens with one attached hydrogen (secondary N) is 1. The summed E-state index contributed by atoms with van der Waals surface area (Å²) in [6.45, 7) is 13.3. The first-order valence-electron chi connectivity index (χ1n) is 13.5. The molecule has 0 radical (unpaired) electrons. The Balaban J connectivity index is 1.61. The molecule has 2 heterocycles. The molecule has 7 heteroatoms. The maximum absolute atomic E-state index is 14.2. The molecule has 0 saturated carbocycles. The van der Waals surface area contributed by atoms with Gasteiger partial charge in [-0.05, 0) is 66.6 Å². The Morgan fingerprint density at radius 3 is 2.21 bits per heavy atom. The Hall–Kier alpha value is -3.61. The van der Waals surface area contributed by atoms with Gasteiger partial charge in [-0.1, -0.05) is 58.0 Å². The lowest BCUT2D eigenvalue weighted by atomic mass is 9.93. The maximum atomic E-state index is 14.2. The van der Waals surface area contributed by atoms with Gasteiger partial charge in [0.1, 0.15) is 12.4 Å². The summed E-state index contributed by atoms with van der Waals surface area (Å²) in [7, 11) is 0. The van der Waals surface area contributed by atoms with E-state index < -0.39 is 6.04 Å². The molecule has 202 valence electrons. The number of para-hydroxylation sites is 1. The number of urea groups is 1. The molecule has 4 rings (SSSR count). The molecule has 0 saturated heterocycles. The van der Waals surface area contributed by atoms with Gasteiger partial charge in [-0.15, -0.1) is 0 Å². The summed E-state index contributed by atoms with van der Waals surface area (Å²) in [5.74, 6) is -0.0483. The Morgan fingerprint density at radius 1 is 0.947 bits per heavy atom. The predicted molar refractivity (Wildman–Crippen MR) is 150 cm³/mol. The summed E-state index contributed by atoms with van der Waals surface area (Å²) in [4.78, 5) is 30.8. The van der Waals surface area contributed by atoms with Crippen molar-refractivity contribution in [2.45, 2.75) is 72.0 Å². The van der Waals surface area contributed by atoms with Crippen LogP contribution in [0.2, 0.25) is 0 Å². The van der Waals surface area contributed by atoms with E-state index in [2.05, 4.69) is 37.6 Å². The molecule has 0 spiro atoms. The molecular weight excluding hydrogens is 479 g/mol. The van der Waals surface area contributed by atoms with Crippen molar-refractivity contribution in [1.29, 1.82) is 0 Å². The average Bonchev–Trinajstić information content (AvgIpc) is 3.35. The van der Waals surface area contributed by atoms with Crippen LogP contribution in [-0.4, -0.2) is 45.4 Å². The zero-order chi connectivity index (χ0) is 27.6. The van der Waals surface area contributed by atoms with Crippen LogP contribution in [0.5, 0.6) is 0 Å². The molecule has 1 unspecified atom stereocenters. The number of amides is 3. The first-order valence-corrected chi connectivity index (χ1v) is 13.5. The normalized spacial score (nSPS) is 15.2. The van der Waals surface area contributed by atoms with Crippen molar-refractivity contribution in [3.05, 3.63) is 89.0 Å². The number of aromatic nitrogens is 1. The van der Waals surface area contributed by atoms with E-state index in [1.807, 2.05) is 56.4 Å². The number of hydrogen-bond acceptors (Lipinski definition) is 2. The summed E-state index contributed by atoms with van der Waals surface area (Å²) in [6.07, 6.45) is 1.98. The van der Waals surface area contributed by atoms with Crippen molar-refractivity contribution in [2.75, 3.05) is 18.4 Å². The van der Waals surface area contributed by atoms with E-state index in [0.717, 1.165) is 22.5 Å². The second-order valence-corrected chi connectivity index (χ2v) is 10.9. The molecular formula is C31H39FN4O2. The van der Waals surface area contributed by atoms with Crippen LogP contribution in [0.15, 0.2) is 60.8 Å². The monoisotopic (exact) mass is 518 g/mol. The van der Waals surface area contributed by atoms with E-state index >= 15 is 0 Å². The number of halogens is 1. The first kappa shape index (κ1) is 27.4. The van der Waals surface area contributed by atoms with Crippen molar-refractivity contribution >= 4 is 17.6 Å². The van der Waals surface area contributed by atoms with Crippen LogP contribution in [0.25, 0.3) is 0 Å². The SMILES string of the molecule is CC(C)c1cccc(C(C)C)c1NC(=O)N(CC(=O)N1CCn2cccc2C1c1cccc(F)c1)C(C)C. The lowest BCUT2D eigenvalue weighted by Gasteiger charge is -2.39. The molecule has 3 aromatic rings. The maximum Gasteiger partial charge on any atom is 0.322 e. The van der Waals surface area contributed by atoms with Gasteiger partial charge in [0.25, 0.3) is 0 Å². The number of benzene rings is 2. The Bertz CT molecular complexity index is 1270. The summed E-state index contributed by atoms with van der Waals surface area (Å²) in [5.41, 5.74) is 4.62. The lowest BCUT2D eigenvalue weighted by Crippen LogP contribution is -2.50. The van der Waals surface area contributed by atoms with Crippen molar-refractivity contribution in [1.82, 2.24) is 14.4 Å². The highest BCUT2D eigenvalue weighted by molar-refractivity contribution is 5.94. The zero-order valence-electron chi connectivity index (χ0n) is 23.2. The van der Waals surface area contributed by atoms with Crippen LogP contribution in [-0.2, 0) is 11.3 Å². The van der Waals surface area contributed by atoms with Gasteiger partial charge < -0.3 is 19.7 Å². The number of rotatable bonds is 7. The zero-order valence-corrected chi connectivity index (χ0v) is 23.2. The van der Waals surface area contributed by atoms with E-state index in [1.54, 1.807) is 15.9 Å². The summed E-state index contributed by atoms with van der Waals surface area (Å²) < 4.78 is 16.3. The van der Waals surface area contributed by atoms with Gasteiger partial charge in [0.05, 0.1) is 6.04 Å². The fourth-order valence-electron chi connectivity index (χ4n) is 5.28. The van der Waals surface area contributed by atoms with Crippen molar-refractivity contribution in [2.24, 2.45) is 0 Å². The van der Waals surface area contributed by atoms with E-state index in [1.165, 1.54) is 12.1 Å². The third-order valence-corrected chi connectivity index (χ3v) is 7.32. The summed E-state index contributed by atoms with van der Waals surface area (Å²) >= 11 is 0. The van der Waals surface area contributed by atoms with Gasteiger partial charge in [0.15, 0.2) is 0 Å². The number of anilines is 1. The highest BCUT2D eigenvalue weighted by atomic mass is 19.1. The predicted octanol–water partition coefficient (Wildman–Crippen LogP) is 6.75. The molecule has 0 fully saturated rings. The highest BCUT2D eigenvalue weighted by Crippen LogP contribution is 2.34. The molecule has 6 nitrogen and oxygen atoms in total. The van der Waals surface area contributed by atoms with E-state index in [9.17, 15) is 14.0 Å². The second-order valence-electron chi connectivity index (χ2n) is 10.9. The van der Waals surface area contributed by atoms with Crippen LogP contribution >= 0.6 is 0 Å². The van der Waals surface area contributed by atoms with Crippen molar-refractivity contribution in [3.63, 3.8) is 0 Å². The van der Waals surface area contributed by atoms with Crippen LogP contribution < -0.4 is 5.32 Å². The number of hydrogen-bond donors (Lipinski definition) is 1. The summed E-state index contributed by atoms with van der Waals surface area (Å²) in [5, 5.41) is 3.16. The molecule has 2 aromatic carbocycles. The molecule has 1 atom stereocenters.